The third-order valence-electron chi connectivity index (χ3n) is 2.59. The monoisotopic (exact) mass is 281 g/mol. The molecule has 102 valence electrons. The molecule has 19 heavy (non-hydrogen) atoms. The molecule has 6 heteroatoms. The van der Waals surface area contributed by atoms with Gasteiger partial charge in [-0.15, -0.1) is 5.10 Å². The van der Waals surface area contributed by atoms with Gasteiger partial charge >= 0.3 is 0 Å². The number of hydrogen-bond donors (Lipinski definition) is 1. The molecule has 0 saturated heterocycles. The zero-order chi connectivity index (χ0) is 13.7. The van der Waals surface area contributed by atoms with Gasteiger partial charge in [0.25, 0.3) is 0 Å². The molecule has 0 atom stereocenters. The van der Waals surface area contributed by atoms with Crippen molar-refractivity contribution >= 4 is 16.5 Å². The summed E-state index contributed by atoms with van der Waals surface area (Å²) in [4.78, 5) is 0. The molecule has 1 aromatic heterocycles. The molecule has 2 rings (SSSR count). The predicted octanol–water partition coefficient (Wildman–Crippen LogP) is 3.39. The SMILES string of the molecule is CCCNc1snnc1COc1ccc(F)cc1C. The quantitative estimate of drug-likeness (QED) is 0.881. The highest BCUT2D eigenvalue weighted by Gasteiger charge is 2.09. The average molecular weight is 281 g/mol. The van der Waals surface area contributed by atoms with Crippen molar-refractivity contribution in [2.75, 3.05) is 11.9 Å². The lowest BCUT2D eigenvalue weighted by atomic mass is 10.2. The summed E-state index contributed by atoms with van der Waals surface area (Å²) in [7, 11) is 0. The topological polar surface area (TPSA) is 47.0 Å². The van der Waals surface area contributed by atoms with Gasteiger partial charge in [0, 0.05) is 18.1 Å². The molecular formula is C13H16FN3OS. The Hall–Kier alpha value is -1.69. The van der Waals surface area contributed by atoms with Crippen molar-refractivity contribution in [2.45, 2.75) is 26.9 Å². The molecule has 0 radical (unpaired) electrons. The maximum Gasteiger partial charge on any atom is 0.136 e. The van der Waals surface area contributed by atoms with Gasteiger partial charge in [0.2, 0.25) is 0 Å². The summed E-state index contributed by atoms with van der Waals surface area (Å²) in [5, 5.41) is 8.23. The molecule has 1 aromatic carbocycles. The summed E-state index contributed by atoms with van der Waals surface area (Å²) in [6.45, 7) is 5.12. The first-order valence-corrected chi connectivity index (χ1v) is 6.92. The van der Waals surface area contributed by atoms with Crippen LogP contribution in [-0.4, -0.2) is 16.1 Å². The van der Waals surface area contributed by atoms with Crippen molar-refractivity contribution in [3.8, 4) is 5.75 Å². The zero-order valence-electron chi connectivity index (χ0n) is 10.9. The Morgan fingerprint density at radius 1 is 1.42 bits per heavy atom. The fraction of sp³-hybridized carbons (Fsp3) is 0.385. The standard InChI is InChI=1S/C13H16FN3OS/c1-3-6-15-13-11(16-17-19-13)8-18-12-5-4-10(14)7-9(12)2/h4-5,7,15H,3,6,8H2,1-2H3. The van der Waals surface area contributed by atoms with Crippen LogP contribution >= 0.6 is 11.5 Å². The molecule has 0 amide bonds. The van der Waals surface area contributed by atoms with Crippen LogP contribution in [0.2, 0.25) is 0 Å². The van der Waals surface area contributed by atoms with E-state index in [-0.39, 0.29) is 5.82 Å². The Morgan fingerprint density at radius 2 is 2.26 bits per heavy atom. The highest BCUT2D eigenvalue weighted by Crippen LogP contribution is 2.22. The largest absolute Gasteiger partial charge is 0.487 e. The zero-order valence-corrected chi connectivity index (χ0v) is 11.8. The van der Waals surface area contributed by atoms with Crippen LogP contribution in [0.3, 0.4) is 0 Å². The van der Waals surface area contributed by atoms with Crippen LogP contribution in [0.1, 0.15) is 24.6 Å². The highest BCUT2D eigenvalue weighted by atomic mass is 32.1. The van der Waals surface area contributed by atoms with E-state index in [0.29, 0.717) is 12.4 Å². The number of hydrogen-bond acceptors (Lipinski definition) is 5. The molecule has 0 spiro atoms. The van der Waals surface area contributed by atoms with Crippen LogP contribution in [0.25, 0.3) is 0 Å². The van der Waals surface area contributed by atoms with Gasteiger partial charge < -0.3 is 10.1 Å². The Balaban J connectivity index is 2.00. The Morgan fingerprint density at radius 3 is 3.00 bits per heavy atom. The second-order valence-corrected chi connectivity index (χ2v) is 4.93. The van der Waals surface area contributed by atoms with Crippen molar-refractivity contribution < 1.29 is 9.13 Å². The molecule has 2 aromatic rings. The van der Waals surface area contributed by atoms with Gasteiger partial charge in [-0.2, -0.15) is 0 Å². The number of rotatable bonds is 6. The van der Waals surface area contributed by atoms with Gasteiger partial charge in [0.15, 0.2) is 0 Å². The highest BCUT2D eigenvalue weighted by molar-refractivity contribution is 7.10. The van der Waals surface area contributed by atoms with Crippen molar-refractivity contribution in [2.24, 2.45) is 0 Å². The predicted molar refractivity (Wildman–Crippen MR) is 74.2 cm³/mol. The summed E-state index contributed by atoms with van der Waals surface area (Å²) in [6, 6.07) is 4.46. The molecule has 1 heterocycles. The van der Waals surface area contributed by atoms with Crippen LogP contribution in [0.4, 0.5) is 9.39 Å². The fourth-order valence-electron chi connectivity index (χ4n) is 1.60. The van der Waals surface area contributed by atoms with Crippen LogP contribution in [0.5, 0.6) is 5.75 Å². The van der Waals surface area contributed by atoms with Gasteiger partial charge in [-0.05, 0) is 37.1 Å². The second kappa shape index (κ2) is 6.47. The van der Waals surface area contributed by atoms with Gasteiger partial charge in [-0.25, -0.2) is 4.39 Å². The van der Waals surface area contributed by atoms with E-state index in [1.807, 2.05) is 6.92 Å². The second-order valence-electron chi connectivity index (χ2n) is 4.17. The smallest absolute Gasteiger partial charge is 0.136 e. The summed E-state index contributed by atoms with van der Waals surface area (Å²) >= 11 is 1.32. The molecule has 0 aliphatic rings. The number of nitrogens with one attached hydrogen (secondary N) is 1. The van der Waals surface area contributed by atoms with Crippen LogP contribution in [0, 0.1) is 12.7 Å². The lowest BCUT2D eigenvalue weighted by Gasteiger charge is -2.09. The van der Waals surface area contributed by atoms with Crippen molar-refractivity contribution in [1.82, 2.24) is 9.59 Å². The Bertz CT molecular complexity index is 544. The summed E-state index contributed by atoms with van der Waals surface area (Å²) in [5.74, 6) is 0.404. The van der Waals surface area contributed by atoms with E-state index >= 15 is 0 Å². The van der Waals surface area contributed by atoms with Gasteiger partial charge in [-0.1, -0.05) is 11.4 Å². The molecule has 0 bridgehead atoms. The maximum atomic E-state index is 13.0. The van der Waals surface area contributed by atoms with Gasteiger partial charge in [0.1, 0.15) is 28.9 Å². The first kappa shape index (κ1) is 13.7. The van der Waals surface area contributed by atoms with Gasteiger partial charge in [0.05, 0.1) is 0 Å². The number of anilines is 1. The third-order valence-corrected chi connectivity index (χ3v) is 3.32. The van der Waals surface area contributed by atoms with E-state index in [9.17, 15) is 4.39 Å². The minimum absolute atomic E-state index is 0.259. The average Bonchev–Trinajstić information content (AvgIpc) is 2.83. The number of benzene rings is 1. The first-order chi connectivity index (χ1) is 9.20. The number of nitrogens with zero attached hydrogens (tertiary/aromatic N) is 2. The minimum Gasteiger partial charge on any atom is -0.487 e. The van der Waals surface area contributed by atoms with E-state index in [1.165, 1.54) is 23.7 Å². The van der Waals surface area contributed by atoms with E-state index in [4.69, 9.17) is 4.74 Å². The van der Waals surface area contributed by atoms with Crippen LogP contribution < -0.4 is 10.1 Å². The number of aromatic nitrogens is 2. The normalized spacial score (nSPS) is 10.5. The van der Waals surface area contributed by atoms with Crippen molar-refractivity contribution in [3.63, 3.8) is 0 Å². The van der Waals surface area contributed by atoms with Gasteiger partial charge in [-0.3, -0.25) is 0 Å². The number of halogens is 1. The van der Waals surface area contributed by atoms with E-state index in [2.05, 4.69) is 21.8 Å². The third kappa shape index (κ3) is 3.64. The Kier molecular flexibility index (Phi) is 4.68. The van der Waals surface area contributed by atoms with Crippen molar-refractivity contribution in [3.05, 3.63) is 35.3 Å². The number of ether oxygens (including phenoxy) is 1. The van der Waals surface area contributed by atoms with E-state index in [1.54, 1.807) is 6.07 Å². The summed E-state index contributed by atoms with van der Waals surface area (Å²) < 4.78 is 22.5. The molecule has 0 unspecified atom stereocenters. The lowest BCUT2D eigenvalue weighted by molar-refractivity contribution is 0.299. The van der Waals surface area contributed by atoms with Crippen LogP contribution in [0.15, 0.2) is 18.2 Å². The molecule has 0 fully saturated rings. The minimum atomic E-state index is -0.259. The first-order valence-electron chi connectivity index (χ1n) is 6.14. The maximum absolute atomic E-state index is 13.0. The molecule has 1 N–H and O–H groups in total. The molecule has 4 nitrogen and oxygen atoms in total. The lowest BCUT2D eigenvalue weighted by Crippen LogP contribution is -2.04. The summed E-state index contributed by atoms with van der Waals surface area (Å²) in [6.07, 6.45) is 1.04. The van der Waals surface area contributed by atoms with E-state index < -0.39 is 0 Å². The fourth-order valence-corrected chi connectivity index (χ4v) is 2.19. The number of aryl methyl sites for hydroxylation is 1. The molecule has 0 saturated carbocycles. The summed E-state index contributed by atoms with van der Waals surface area (Å²) in [5.41, 5.74) is 1.55. The van der Waals surface area contributed by atoms with E-state index in [0.717, 1.165) is 29.2 Å². The van der Waals surface area contributed by atoms with Crippen LogP contribution in [-0.2, 0) is 6.61 Å². The molecule has 0 aliphatic heterocycles. The molecule has 0 aliphatic carbocycles. The van der Waals surface area contributed by atoms with Crippen molar-refractivity contribution in [1.29, 1.82) is 0 Å². The Labute approximate surface area is 115 Å². The molecular weight excluding hydrogens is 265 g/mol.